The molecule has 0 spiro atoms. The van der Waals surface area contributed by atoms with Crippen molar-refractivity contribution < 1.29 is 8.83 Å². The molecule has 0 amide bonds. The van der Waals surface area contributed by atoms with Gasteiger partial charge in [-0.05, 0) is 84.9 Å². The summed E-state index contributed by atoms with van der Waals surface area (Å²) in [5, 5.41) is 24.2. The highest BCUT2D eigenvalue weighted by atomic mass is 16.3. The van der Waals surface area contributed by atoms with Gasteiger partial charge in [-0.15, -0.1) is 0 Å². The van der Waals surface area contributed by atoms with Crippen molar-refractivity contribution in [2.24, 2.45) is 0 Å². The van der Waals surface area contributed by atoms with Crippen LogP contribution >= 0.6 is 0 Å². The number of furan rings is 2. The molecule has 0 fully saturated rings. The smallest absolute Gasteiger partial charge is 0.212 e. The highest BCUT2D eigenvalue weighted by Gasteiger charge is 2.28. The number of rotatable bonds is 4. The number of fused-ring (bicyclic) bond motifs is 20. The number of hydrogen-bond acceptors (Lipinski definition) is 3. The van der Waals surface area contributed by atoms with Gasteiger partial charge in [-0.2, -0.15) is 5.26 Å². The Balaban J connectivity index is 1.02. The number of hydrogen-bond donors (Lipinski definition) is 0. The first-order valence-corrected chi connectivity index (χ1v) is 25.3. The first-order chi connectivity index (χ1) is 37.7. The SMILES string of the molecule is [C-]#[N+]c1cc(-n2c3ccc4c5ccccc5oc4c3c3cccc(-n4c5ccccc5c5ccccc54)c32)c(C#N)cc1-n1c2ccc3c4ccccc4oc3c2c2cccc(-n3c4ccccc4c4ccccc43)c21. The molecule has 0 aliphatic carbocycles. The Morgan fingerprint density at radius 1 is 0.342 bits per heavy atom. The van der Waals surface area contributed by atoms with Crippen LogP contribution in [0.15, 0.2) is 227 Å². The molecular weight excluding hydrogens is 933 g/mol. The number of aromatic nitrogens is 4. The molecule has 8 heteroatoms. The average molecular weight is 969 g/mol. The van der Waals surface area contributed by atoms with E-state index >= 15 is 0 Å². The van der Waals surface area contributed by atoms with Crippen LogP contribution in [0.1, 0.15) is 5.56 Å². The van der Waals surface area contributed by atoms with Gasteiger partial charge in [-0.25, -0.2) is 4.85 Å². The van der Waals surface area contributed by atoms with Gasteiger partial charge in [-0.3, -0.25) is 0 Å². The molecule has 76 heavy (non-hydrogen) atoms. The summed E-state index contributed by atoms with van der Waals surface area (Å²) >= 11 is 0. The summed E-state index contributed by atoms with van der Waals surface area (Å²) in [6.07, 6.45) is 0. The molecule has 11 aromatic carbocycles. The van der Waals surface area contributed by atoms with Gasteiger partial charge >= 0.3 is 0 Å². The molecule has 0 unspecified atom stereocenters. The van der Waals surface area contributed by atoms with Gasteiger partial charge in [0.05, 0.1) is 89.8 Å². The minimum Gasteiger partial charge on any atom is -0.455 e. The Morgan fingerprint density at radius 3 is 1.17 bits per heavy atom. The van der Waals surface area contributed by atoms with E-state index in [0.717, 1.165) is 142 Å². The first kappa shape index (κ1) is 40.8. The van der Waals surface area contributed by atoms with Crippen molar-refractivity contribution in [3.8, 4) is 28.8 Å². The lowest BCUT2D eigenvalue weighted by Gasteiger charge is -2.19. The standard InChI is InChI=1S/C68H36N6O2/c1-70-50-37-59(73-55-34-32-46-44-20-6-12-30-61(44)75-67(46)63(55)48-22-14-28-57(65(48)73)71-51-24-8-2-16-40(51)41-17-3-9-25-52(41)71)39(38-69)36-60(50)74-56-35-33-47-45-21-7-13-31-62(45)76-68(47)64(56)49-23-15-29-58(66(49)74)72-53-26-10-4-18-42(53)43-19-5-11-27-54(43)72/h2-37H. The third kappa shape index (κ3) is 5.18. The highest BCUT2D eigenvalue weighted by Crippen LogP contribution is 2.48. The molecule has 0 aliphatic heterocycles. The molecule has 17 rings (SSSR count). The summed E-state index contributed by atoms with van der Waals surface area (Å²) < 4.78 is 22.7. The minimum atomic E-state index is 0.378. The normalized spacial score (nSPS) is 12.2. The van der Waals surface area contributed by atoms with Gasteiger partial charge in [0.2, 0.25) is 5.69 Å². The molecule has 350 valence electrons. The van der Waals surface area contributed by atoms with E-state index in [0.29, 0.717) is 22.6 Å². The van der Waals surface area contributed by atoms with Crippen LogP contribution in [0.2, 0.25) is 0 Å². The Morgan fingerprint density at radius 2 is 0.737 bits per heavy atom. The van der Waals surface area contributed by atoms with Crippen LogP contribution < -0.4 is 0 Å². The summed E-state index contributed by atoms with van der Waals surface area (Å²) in [6, 6.07) is 78.3. The number of nitrogens with zero attached hydrogens (tertiary/aromatic N) is 6. The van der Waals surface area contributed by atoms with Gasteiger partial charge in [0, 0.05) is 53.9 Å². The van der Waals surface area contributed by atoms with E-state index in [1.165, 1.54) is 0 Å². The Kier molecular flexibility index (Phi) is 7.99. The van der Waals surface area contributed by atoms with Gasteiger partial charge in [-0.1, -0.05) is 133 Å². The molecule has 0 atom stereocenters. The first-order valence-electron chi connectivity index (χ1n) is 25.3. The molecule has 0 aliphatic rings. The van der Waals surface area contributed by atoms with Crippen molar-refractivity contribution in [2.45, 2.75) is 0 Å². The van der Waals surface area contributed by atoms with Crippen LogP contribution in [0.4, 0.5) is 5.69 Å². The maximum atomic E-state index is 11.7. The molecule has 0 bridgehead atoms. The fourth-order valence-corrected chi connectivity index (χ4v) is 13.0. The predicted molar refractivity (Wildman–Crippen MR) is 309 cm³/mol. The molecule has 0 saturated heterocycles. The molecule has 17 aromatic rings. The molecule has 0 N–H and O–H groups in total. The zero-order chi connectivity index (χ0) is 49.9. The van der Waals surface area contributed by atoms with Crippen molar-refractivity contribution in [2.75, 3.05) is 0 Å². The lowest BCUT2D eigenvalue weighted by Crippen LogP contribution is -2.05. The van der Waals surface area contributed by atoms with Crippen LogP contribution in [0.3, 0.4) is 0 Å². The Hall–Kier alpha value is -10.8. The van der Waals surface area contributed by atoms with Gasteiger partial charge in [0.15, 0.2) is 0 Å². The summed E-state index contributed by atoms with van der Waals surface area (Å²) in [4.78, 5) is 4.42. The van der Waals surface area contributed by atoms with Gasteiger partial charge in [0.1, 0.15) is 28.4 Å². The second-order valence-electron chi connectivity index (χ2n) is 19.7. The fraction of sp³-hybridized carbons (Fsp3) is 0. The quantitative estimate of drug-likeness (QED) is 0.165. The lowest BCUT2D eigenvalue weighted by atomic mass is 10.1. The average Bonchev–Trinajstić information content (AvgIpc) is 4.51. The highest BCUT2D eigenvalue weighted by molar-refractivity contribution is 6.27. The van der Waals surface area contributed by atoms with Crippen LogP contribution in [0.25, 0.3) is 159 Å². The minimum absolute atomic E-state index is 0.378. The molecular formula is C68H36N6O2. The number of benzene rings is 11. The van der Waals surface area contributed by atoms with E-state index < -0.39 is 0 Å². The second-order valence-corrected chi connectivity index (χ2v) is 19.7. The monoisotopic (exact) mass is 968 g/mol. The van der Waals surface area contributed by atoms with E-state index in [9.17, 15) is 11.8 Å². The zero-order valence-electron chi connectivity index (χ0n) is 40.3. The maximum absolute atomic E-state index is 11.7. The van der Waals surface area contributed by atoms with Crippen LogP contribution in [-0.2, 0) is 0 Å². The van der Waals surface area contributed by atoms with E-state index in [-0.39, 0.29) is 0 Å². The topological polar surface area (TPSA) is 74.2 Å². The molecule has 8 nitrogen and oxygen atoms in total. The summed E-state index contributed by atoms with van der Waals surface area (Å²) in [5.74, 6) is 0. The number of nitriles is 1. The summed E-state index contributed by atoms with van der Waals surface area (Å²) in [6.45, 7) is 9.17. The van der Waals surface area contributed by atoms with E-state index in [1.54, 1.807) is 0 Å². The third-order valence-electron chi connectivity index (χ3n) is 16.0. The Bertz CT molecular complexity index is 5070. The van der Waals surface area contributed by atoms with Crippen molar-refractivity contribution in [1.82, 2.24) is 18.3 Å². The lowest BCUT2D eigenvalue weighted by molar-refractivity contribution is 0.672. The van der Waals surface area contributed by atoms with Crippen molar-refractivity contribution >= 4 is 137 Å². The summed E-state index contributed by atoms with van der Waals surface area (Å²) in [7, 11) is 0. The van der Waals surface area contributed by atoms with Gasteiger partial charge in [0.25, 0.3) is 0 Å². The molecule has 6 aromatic heterocycles. The largest absolute Gasteiger partial charge is 0.455 e. The second kappa shape index (κ2) is 14.9. The fourth-order valence-electron chi connectivity index (χ4n) is 13.0. The van der Waals surface area contributed by atoms with E-state index in [4.69, 9.17) is 8.83 Å². The maximum Gasteiger partial charge on any atom is 0.212 e. The third-order valence-corrected chi connectivity index (χ3v) is 16.0. The van der Waals surface area contributed by atoms with Crippen molar-refractivity contribution in [3.63, 3.8) is 0 Å². The molecule has 0 radical (unpaired) electrons. The number of para-hydroxylation sites is 8. The van der Waals surface area contributed by atoms with Crippen LogP contribution in [-0.4, -0.2) is 18.3 Å². The predicted octanol–water partition coefficient (Wildman–Crippen LogP) is 18.3. The summed E-state index contributed by atoms with van der Waals surface area (Å²) in [5.41, 5.74) is 14.7. The van der Waals surface area contributed by atoms with E-state index in [1.807, 2.05) is 48.5 Å². The van der Waals surface area contributed by atoms with Crippen LogP contribution in [0, 0.1) is 17.9 Å². The van der Waals surface area contributed by atoms with Crippen molar-refractivity contribution in [3.05, 3.63) is 235 Å². The molecule has 0 saturated carbocycles. The Labute approximate surface area is 431 Å². The van der Waals surface area contributed by atoms with Crippen molar-refractivity contribution in [1.29, 1.82) is 5.26 Å². The van der Waals surface area contributed by atoms with E-state index in [2.05, 4.69) is 199 Å². The molecule has 6 heterocycles. The van der Waals surface area contributed by atoms with Crippen LogP contribution in [0.5, 0.6) is 0 Å². The van der Waals surface area contributed by atoms with Gasteiger partial charge < -0.3 is 27.1 Å². The zero-order valence-corrected chi connectivity index (χ0v) is 40.3.